The van der Waals surface area contributed by atoms with Crippen molar-refractivity contribution in [3.63, 3.8) is 0 Å². The molecular weight excluding hydrogens is 298 g/mol. The minimum Gasteiger partial charge on any atom is -0.387 e. The first-order valence-electron chi connectivity index (χ1n) is 6.10. The predicted octanol–water partition coefficient (Wildman–Crippen LogP) is -0.282. The average molecular weight is 313 g/mol. The molecule has 2 heterocycles. The number of hydrogen-bond donors (Lipinski definition) is 2. The van der Waals surface area contributed by atoms with Crippen LogP contribution >= 0.6 is 0 Å². The lowest BCUT2D eigenvalue weighted by Gasteiger charge is -2.09. The van der Waals surface area contributed by atoms with E-state index < -0.39 is 9.84 Å². The van der Waals surface area contributed by atoms with Crippen molar-refractivity contribution in [2.24, 2.45) is 0 Å². The van der Waals surface area contributed by atoms with Crippen molar-refractivity contribution in [2.75, 3.05) is 18.1 Å². The van der Waals surface area contributed by atoms with Gasteiger partial charge in [0.2, 0.25) is 0 Å². The molecule has 0 aromatic carbocycles. The van der Waals surface area contributed by atoms with Crippen LogP contribution in [0.5, 0.6) is 0 Å². The number of hydrogen-bond acceptors (Lipinski definition) is 9. The molecule has 0 spiro atoms. The minimum absolute atomic E-state index is 0.0391. The third kappa shape index (κ3) is 3.95. The number of rotatable bonds is 6. The zero-order valence-corrected chi connectivity index (χ0v) is 12.4. The molecule has 0 amide bonds. The lowest BCUT2D eigenvalue weighted by Crippen LogP contribution is -2.12. The van der Waals surface area contributed by atoms with Gasteiger partial charge in [0.1, 0.15) is 23.1 Å². The van der Waals surface area contributed by atoms with Crippen LogP contribution in [0.1, 0.15) is 17.5 Å². The molecule has 114 valence electrons. The van der Waals surface area contributed by atoms with Crippen LogP contribution in [0.25, 0.3) is 0 Å². The van der Waals surface area contributed by atoms with Crippen molar-refractivity contribution >= 4 is 15.7 Å². The summed E-state index contributed by atoms with van der Waals surface area (Å²) in [6.45, 7) is 1.72. The Kier molecular flexibility index (Phi) is 4.48. The Morgan fingerprint density at radius 3 is 2.76 bits per heavy atom. The van der Waals surface area contributed by atoms with Gasteiger partial charge in [0, 0.05) is 19.2 Å². The van der Waals surface area contributed by atoms with E-state index in [1.165, 1.54) is 6.20 Å². The van der Waals surface area contributed by atoms with Crippen LogP contribution in [-0.2, 0) is 22.9 Å². The van der Waals surface area contributed by atoms with Crippen LogP contribution in [0.3, 0.4) is 0 Å². The third-order valence-corrected chi connectivity index (χ3v) is 3.66. The highest BCUT2D eigenvalue weighted by molar-refractivity contribution is 7.90. The molecule has 0 aliphatic heterocycles. The Hall–Kier alpha value is -2.07. The Morgan fingerprint density at radius 2 is 2.14 bits per heavy atom. The SMILES string of the molecule is Cc1ncc(S(C)(=O)=O)c(NCCc2noc(CO)n2)n1. The fourth-order valence-corrected chi connectivity index (χ4v) is 2.32. The molecule has 0 bridgehead atoms. The molecule has 0 fully saturated rings. The van der Waals surface area contributed by atoms with Gasteiger partial charge in [-0.25, -0.2) is 18.4 Å². The number of nitrogens with zero attached hydrogens (tertiary/aromatic N) is 4. The Balaban J connectivity index is 2.07. The van der Waals surface area contributed by atoms with Gasteiger partial charge in [-0.2, -0.15) is 4.98 Å². The van der Waals surface area contributed by atoms with Crippen LogP contribution in [0.4, 0.5) is 5.82 Å². The van der Waals surface area contributed by atoms with E-state index in [0.717, 1.165) is 6.26 Å². The highest BCUT2D eigenvalue weighted by Crippen LogP contribution is 2.17. The van der Waals surface area contributed by atoms with E-state index in [1.807, 2.05) is 0 Å². The summed E-state index contributed by atoms with van der Waals surface area (Å²) in [6, 6.07) is 0. The smallest absolute Gasteiger partial charge is 0.252 e. The average Bonchev–Trinajstić information content (AvgIpc) is 2.85. The lowest BCUT2D eigenvalue weighted by molar-refractivity contribution is 0.222. The number of sulfone groups is 1. The van der Waals surface area contributed by atoms with E-state index in [2.05, 4.69) is 25.4 Å². The first-order chi connectivity index (χ1) is 9.90. The minimum atomic E-state index is -3.42. The molecule has 0 radical (unpaired) electrons. The van der Waals surface area contributed by atoms with Gasteiger partial charge in [0.25, 0.3) is 5.89 Å². The van der Waals surface area contributed by atoms with Crippen molar-refractivity contribution in [1.29, 1.82) is 0 Å². The van der Waals surface area contributed by atoms with Crippen molar-refractivity contribution in [1.82, 2.24) is 20.1 Å². The van der Waals surface area contributed by atoms with Crippen LogP contribution in [0.15, 0.2) is 15.6 Å². The maximum absolute atomic E-state index is 11.7. The second-order valence-corrected chi connectivity index (χ2v) is 6.33. The molecule has 0 aliphatic carbocycles. The van der Waals surface area contributed by atoms with Crippen LogP contribution in [0.2, 0.25) is 0 Å². The van der Waals surface area contributed by atoms with Crippen LogP contribution in [0, 0.1) is 6.92 Å². The van der Waals surface area contributed by atoms with Crippen LogP contribution < -0.4 is 5.32 Å². The maximum atomic E-state index is 11.7. The molecule has 2 aromatic rings. The zero-order valence-electron chi connectivity index (χ0n) is 11.6. The number of aliphatic hydroxyl groups excluding tert-OH is 1. The molecular formula is C11H15N5O4S. The highest BCUT2D eigenvalue weighted by atomic mass is 32.2. The Labute approximate surface area is 121 Å². The van der Waals surface area contributed by atoms with Gasteiger partial charge >= 0.3 is 0 Å². The third-order valence-electron chi connectivity index (χ3n) is 2.56. The van der Waals surface area contributed by atoms with E-state index >= 15 is 0 Å². The summed E-state index contributed by atoms with van der Waals surface area (Å²) in [5, 5.41) is 15.4. The number of aryl methyl sites for hydroxylation is 1. The molecule has 0 aliphatic rings. The van der Waals surface area contributed by atoms with Gasteiger partial charge < -0.3 is 14.9 Å². The first-order valence-corrected chi connectivity index (χ1v) is 7.99. The summed E-state index contributed by atoms with van der Waals surface area (Å²) in [5.74, 6) is 1.26. The normalized spacial score (nSPS) is 11.6. The second kappa shape index (κ2) is 6.14. The quantitative estimate of drug-likeness (QED) is 0.738. The fraction of sp³-hybridized carbons (Fsp3) is 0.455. The Bertz CT molecular complexity index is 728. The van der Waals surface area contributed by atoms with Crippen LogP contribution in [-0.4, -0.2) is 46.4 Å². The number of nitrogens with one attached hydrogen (secondary N) is 1. The van der Waals surface area contributed by atoms with Gasteiger partial charge in [-0.05, 0) is 6.92 Å². The highest BCUT2D eigenvalue weighted by Gasteiger charge is 2.15. The predicted molar refractivity (Wildman–Crippen MR) is 72.3 cm³/mol. The zero-order chi connectivity index (χ0) is 15.5. The number of aromatic nitrogens is 4. The lowest BCUT2D eigenvalue weighted by atomic mass is 10.4. The summed E-state index contributed by atoms with van der Waals surface area (Å²) in [6.07, 6.45) is 2.77. The van der Waals surface area contributed by atoms with Crippen molar-refractivity contribution < 1.29 is 18.0 Å². The summed E-state index contributed by atoms with van der Waals surface area (Å²) >= 11 is 0. The summed E-state index contributed by atoms with van der Waals surface area (Å²) < 4.78 is 28.1. The molecule has 0 unspecified atom stereocenters. The van der Waals surface area contributed by atoms with Gasteiger partial charge in [0.15, 0.2) is 15.7 Å². The van der Waals surface area contributed by atoms with Gasteiger partial charge in [0.05, 0.1) is 6.20 Å². The molecule has 0 atom stereocenters. The topological polar surface area (TPSA) is 131 Å². The van der Waals surface area contributed by atoms with Crippen molar-refractivity contribution in [3.05, 3.63) is 23.7 Å². The summed E-state index contributed by atoms with van der Waals surface area (Å²) in [7, 11) is -3.42. The second-order valence-electron chi connectivity index (χ2n) is 4.34. The molecule has 0 saturated carbocycles. The molecule has 2 N–H and O–H groups in total. The van der Waals surface area contributed by atoms with Gasteiger partial charge in [-0.3, -0.25) is 0 Å². The Morgan fingerprint density at radius 1 is 1.38 bits per heavy atom. The number of anilines is 1. The summed E-state index contributed by atoms with van der Waals surface area (Å²) in [5.41, 5.74) is 0. The van der Waals surface area contributed by atoms with Gasteiger partial charge in [-0.1, -0.05) is 5.16 Å². The van der Waals surface area contributed by atoms with E-state index in [0.29, 0.717) is 24.6 Å². The molecule has 2 rings (SSSR count). The van der Waals surface area contributed by atoms with Crippen molar-refractivity contribution in [2.45, 2.75) is 24.8 Å². The molecule has 2 aromatic heterocycles. The maximum Gasteiger partial charge on any atom is 0.252 e. The monoisotopic (exact) mass is 313 g/mol. The van der Waals surface area contributed by atoms with E-state index in [4.69, 9.17) is 9.63 Å². The molecule has 9 nitrogen and oxygen atoms in total. The molecule has 10 heteroatoms. The van der Waals surface area contributed by atoms with E-state index in [1.54, 1.807) is 6.92 Å². The molecule has 0 saturated heterocycles. The number of aliphatic hydroxyl groups is 1. The van der Waals surface area contributed by atoms with E-state index in [-0.39, 0.29) is 23.2 Å². The molecule has 21 heavy (non-hydrogen) atoms. The largest absolute Gasteiger partial charge is 0.387 e. The van der Waals surface area contributed by atoms with E-state index in [9.17, 15) is 8.42 Å². The summed E-state index contributed by atoms with van der Waals surface area (Å²) in [4.78, 5) is 11.9. The first kappa shape index (κ1) is 15.3. The fourth-order valence-electron chi connectivity index (χ4n) is 1.61. The van der Waals surface area contributed by atoms with Crippen molar-refractivity contribution in [3.8, 4) is 0 Å². The van der Waals surface area contributed by atoms with Gasteiger partial charge in [-0.15, -0.1) is 0 Å². The standard InChI is InChI=1S/C11H15N5O4S/c1-7-13-5-8(21(2,18)19)11(14-7)12-4-3-9-15-10(6-17)20-16-9/h5,17H,3-4,6H2,1-2H3,(H,12,13,14).